The van der Waals surface area contributed by atoms with Crippen molar-refractivity contribution in [1.29, 1.82) is 0 Å². The number of hydrogen-bond donors (Lipinski definition) is 2. The Balaban J connectivity index is 2.86. The number of hydrogen-bond acceptors (Lipinski definition) is 5. The molecule has 92 valence electrons. The van der Waals surface area contributed by atoms with Gasteiger partial charge < -0.3 is 15.7 Å². The Morgan fingerprint density at radius 2 is 2.18 bits per heavy atom. The number of thiazole rings is 1. The molecule has 0 bridgehead atoms. The van der Waals surface area contributed by atoms with Crippen LogP contribution in [0.2, 0.25) is 0 Å². The summed E-state index contributed by atoms with van der Waals surface area (Å²) in [6.45, 7) is 1.77. The second-order valence-electron chi connectivity index (χ2n) is 3.13. The Bertz CT molecular complexity index is 457. The van der Waals surface area contributed by atoms with Crippen molar-refractivity contribution in [3.05, 3.63) is 16.1 Å². The van der Waals surface area contributed by atoms with Crippen molar-refractivity contribution in [1.82, 2.24) is 9.88 Å². The van der Waals surface area contributed by atoms with Crippen LogP contribution in [0.1, 0.15) is 27.2 Å². The first-order chi connectivity index (χ1) is 7.95. The van der Waals surface area contributed by atoms with Crippen molar-refractivity contribution >= 4 is 29.1 Å². The number of likely N-dealkylation sites (N-methyl/N-ethyl adjacent to an activating group) is 1. The van der Waals surface area contributed by atoms with Gasteiger partial charge in [0.05, 0.1) is 6.54 Å². The fraction of sp³-hybridized carbons (Fsp3) is 0.333. The number of aromatic carboxylic acids is 1. The summed E-state index contributed by atoms with van der Waals surface area (Å²) < 4.78 is 0. The third kappa shape index (κ3) is 3.25. The van der Waals surface area contributed by atoms with Gasteiger partial charge in [-0.15, -0.1) is 11.3 Å². The van der Waals surface area contributed by atoms with Crippen LogP contribution in [0, 0.1) is 0 Å². The molecule has 7 nitrogen and oxygen atoms in total. The van der Waals surface area contributed by atoms with E-state index >= 15 is 0 Å². The topological polar surface area (TPSA) is 114 Å². The zero-order valence-corrected chi connectivity index (χ0v) is 9.86. The summed E-state index contributed by atoms with van der Waals surface area (Å²) in [5.41, 5.74) is 4.81. The average molecular weight is 257 g/mol. The van der Waals surface area contributed by atoms with Gasteiger partial charge in [0.25, 0.3) is 5.91 Å². The molecule has 8 heteroatoms. The van der Waals surface area contributed by atoms with Crippen LogP contribution in [0.15, 0.2) is 5.38 Å². The van der Waals surface area contributed by atoms with Crippen LogP contribution < -0.4 is 5.73 Å². The minimum atomic E-state index is -1.20. The third-order valence-electron chi connectivity index (χ3n) is 1.92. The Labute approximate surface area is 101 Å². The molecule has 0 aliphatic rings. The van der Waals surface area contributed by atoms with Crippen molar-refractivity contribution in [3.8, 4) is 0 Å². The largest absolute Gasteiger partial charge is 0.476 e. The van der Waals surface area contributed by atoms with Crippen molar-refractivity contribution in [2.75, 3.05) is 13.1 Å². The van der Waals surface area contributed by atoms with Crippen molar-refractivity contribution in [2.24, 2.45) is 5.73 Å². The van der Waals surface area contributed by atoms with Crippen LogP contribution >= 0.6 is 11.3 Å². The van der Waals surface area contributed by atoms with Gasteiger partial charge in [0.1, 0.15) is 0 Å². The van der Waals surface area contributed by atoms with Crippen molar-refractivity contribution in [3.63, 3.8) is 0 Å². The molecule has 0 fully saturated rings. The van der Waals surface area contributed by atoms with Crippen LogP contribution in [0.5, 0.6) is 0 Å². The SMILES string of the molecule is CCN(CC(N)=O)C(=O)c1nc(C(=O)O)cs1. The van der Waals surface area contributed by atoms with Gasteiger partial charge in [0.15, 0.2) is 10.7 Å². The summed E-state index contributed by atoms with van der Waals surface area (Å²) in [6, 6.07) is 0. The lowest BCUT2D eigenvalue weighted by molar-refractivity contribution is -0.118. The molecular weight excluding hydrogens is 246 g/mol. The lowest BCUT2D eigenvalue weighted by Crippen LogP contribution is -2.38. The first-order valence-electron chi connectivity index (χ1n) is 4.72. The Hall–Kier alpha value is -1.96. The molecular formula is C9H11N3O4S. The van der Waals surface area contributed by atoms with Crippen LogP contribution in [0.3, 0.4) is 0 Å². The van der Waals surface area contributed by atoms with E-state index in [1.165, 1.54) is 10.3 Å². The lowest BCUT2D eigenvalue weighted by Gasteiger charge is -2.17. The van der Waals surface area contributed by atoms with E-state index < -0.39 is 17.8 Å². The second kappa shape index (κ2) is 5.39. The quantitative estimate of drug-likeness (QED) is 0.757. The molecule has 0 aliphatic heterocycles. The maximum Gasteiger partial charge on any atom is 0.355 e. The molecule has 1 aromatic heterocycles. The Morgan fingerprint density at radius 3 is 2.59 bits per heavy atom. The number of aromatic nitrogens is 1. The molecule has 1 heterocycles. The van der Waals surface area contributed by atoms with E-state index in [1.54, 1.807) is 6.92 Å². The maximum atomic E-state index is 11.8. The summed E-state index contributed by atoms with van der Waals surface area (Å²) in [4.78, 5) is 38.0. The summed E-state index contributed by atoms with van der Waals surface area (Å²) in [7, 11) is 0. The number of nitrogens with zero attached hydrogens (tertiary/aromatic N) is 2. The molecule has 0 saturated heterocycles. The number of amides is 2. The van der Waals surface area contributed by atoms with E-state index in [0.29, 0.717) is 6.54 Å². The number of carbonyl (C=O) groups is 3. The number of primary amides is 1. The van der Waals surface area contributed by atoms with Crippen LogP contribution in [-0.4, -0.2) is 45.9 Å². The highest BCUT2D eigenvalue weighted by Crippen LogP contribution is 2.12. The molecule has 1 rings (SSSR count). The van der Waals surface area contributed by atoms with Gasteiger partial charge in [-0.2, -0.15) is 0 Å². The molecule has 17 heavy (non-hydrogen) atoms. The number of carboxylic acid groups (broad SMARTS) is 1. The Morgan fingerprint density at radius 1 is 1.53 bits per heavy atom. The molecule has 0 spiro atoms. The summed E-state index contributed by atoms with van der Waals surface area (Å²) in [6.07, 6.45) is 0. The van der Waals surface area contributed by atoms with Crippen LogP contribution in [-0.2, 0) is 4.79 Å². The van der Waals surface area contributed by atoms with Gasteiger partial charge in [-0.1, -0.05) is 0 Å². The van der Waals surface area contributed by atoms with E-state index in [1.807, 2.05) is 0 Å². The van der Waals surface area contributed by atoms with E-state index in [0.717, 1.165) is 11.3 Å². The van der Waals surface area contributed by atoms with Gasteiger partial charge in [-0.25, -0.2) is 9.78 Å². The highest BCUT2D eigenvalue weighted by atomic mass is 32.1. The molecule has 0 aliphatic carbocycles. The predicted octanol–water partition coefficient (Wildman–Crippen LogP) is -0.211. The lowest BCUT2D eigenvalue weighted by atomic mass is 10.4. The molecule has 3 N–H and O–H groups in total. The molecule has 0 aromatic carbocycles. The number of carbonyl (C=O) groups excluding carboxylic acids is 2. The molecule has 0 saturated carbocycles. The first kappa shape index (κ1) is 13.1. The third-order valence-corrected chi connectivity index (χ3v) is 2.75. The fourth-order valence-corrected chi connectivity index (χ4v) is 1.88. The molecule has 0 radical (unpaired) electrons. The molecule has 0 unspecified atom stereocenters. The molecule has 0 atom stereocenters. The van der Waals surface area contributed by atoms with Gasteiger partial charge in [-0.3, -0.25) is 9.59 Å². The van der Waals surface area contributed by atoms with Crippen molar-refractivity contribution in [2.45, 2.75) is 6.92 Å². The van der Waals surface area contributed by atoms with Gasteiger partial charge in [0.2, 0.25) is 5.91 Å². The van der Waals surface area contributed by atoms with Gasteiger partial charge in [0, 0.05) is 11.9 Å². The minimum absolute atomic E-state index is 0.0329. The monoisotopic (exact) mass is 257 g/mol. The smallest absolute Gasteiger partial charge is 0.355 e. The normalized spacial score (nSPS) is 9.94. The molecule has 2 amide bonds. The standard InChI is InChI=1S/C9H11N3O4S/c1-2-12(3-6(10)13)8(14)7-11-5(4-17-7)9(15)16/h4H,2-3H2,1H3,(H2,10,13)(H,15,16). The molecule has 1 aromatic rings. The number of rotatable bonds is 5. The highest BCUT2D eigenvalue weighted by Gasteiger charge is 2.20. The Kier molecular flexibility index (Phi) is 4.16. The fourth-order valence-electron chi connectivity index (χ4n) is 1.12. The van der Waals surface area contributed by atoms with Crippen LogP contribution in [0.4, 0.5) is 0 Å². The van der Waals surface area contributed by atoms with E-state index in [2.05, 4.69) is 4.98 Å². The van der Waals surface area contributed by atoms with Gasteiger partial charge >= 0.3 is 5.97 Å². The van der Waals surface area contributed by atoms with Gasteiger partial charge in [-0.05, 0) is 6.92 Å². The predicted molar refractivity (Wildman–Crippen MR) is 59.8 cm³/mol. The zero-order valence-electron chi connectivity index (χ0n) is 9.04. The number of nitrogens with two attached hydrogens (primary N) is 1. The number of carboxylic acids is 1. The summed E-state index contributed by atoms with van der Waals surface area (Å²) >= 11 is 0.921. The zero-order chi connectivity index (χ0) is 13.0. The van der Waals surface area contributed by atoms with Crippen molar-refractivity contribution < 1.29 is 19.5 Å². The van der Waals surface area contributed by atoms with Crippen LogP contribution in [0.25, 0.3) is 0 Å². The second-order valence-corrected chi connectivity index (χ2v) is 3.99. The minimum Gasteiger partial charge on any atom is -0.476 e. The first-order valence-corrected chi connectivity index (χ1v) is 5.60. The van der Waals surface area contributed by atoms with E-state index in [9.17, 15) is 14.4 Å². The maximum absolute atomic E-state index is 11.8. The van der Waals surface area contributed by atoms with E-state index in [-0.39, 0.29) is 17.2 Å². The average Bonchev–Trinajstić information content (AvgIpc) is 2.73. The highest BCUT2D eigenvalue weighted by molar-refractivity contribution is 7.11. The summed E-state index contributed by atoms with van der Waals surface area (Å²) in [5.74, 6) is -2.32. The summed E-state index contributed by atoms with van der Waals surface area (Å²) in [5, 5.41) is 9.97. The van der Waals surface area contributed by atoms with E-state index in [4.69, 9.17) is 10.8 Å².